The lowest BCUT2D eigenvalue weighted by Crippen LogP contribution is -2.38. The number of carbonyl (C=O) groups excluding carboxylic acids is 1. The Morgan fingerprint density at radius 1 is 1.06 bits per heavy atom. The largest absolute Gasteiger partial charge is 0.494 e. The first-order valence-corrected chi connectivity index (χ1v) is 10.8. The van der Waals surface area contributed by atoms with Gasteiger partial charge >= 0.3 is 0 Å². The zero-order chi connectivity index (χ0) is 23.9. The van der Waals surface area contributed by atoms with Crippen molar-refractivity contribution in [3.05, 3.63) is 66.5 Å². The Kier molecular flexibility index (Phi) is 7.16. The minimum absolute atomic E-state index is 0.199. The Bertz CT molecular complexity index is 1260. The second-order valence-corrected chi connectivity index (χ2v) is 7.28. The van der Waals surface area contributed by atoms with Crippen LogP contribution in [0.1, 0.15) is 13.8 Å². The average molecular weight is 465 g/mol. The molecule has 0 aliphatic rings. The van der Waals surface area contributed by atoms with E-state index in [2.05, 4.69) is 20.6 Å². The van der Waals surface area contributed by atoms with Crippen LogP contribution in [0.3, 0.4) is 0 Å². The Labute approximate surface area is 195 Å². The van der Waals surface area contributed by atoms with Gasteiger partial charge in [0.25, 0.3) is 5.91 Å². The highest BCUT2D eigenvalue weighted by Crippen LogP contribution is 2.21. The maximum absolute atomic E-state index is 13.2. The molecule has 10 heteroatoms. The normalized spacial score (nSPS) is 11.7. The number of nitrogens with one attached hydrogen (secondary N) is 1. The monoisotopic (exact) mass is 465 g/mol. The van der Waals surface area contributed by atoms with E-state index < -0.39 is 6.10 Å². The standard InChI is InChI=1S/C24H24FN5O4/c1-3-32-19-5-4-6-20(15-19)34-16(2)24(31)26-13-14-33-22-12-11-21-27-28-23(30(21)29-22)17-7-9-18(25)10-8-17/h4-12,15-16H,3,13-14H2,1-2H3,(H,26,31). The number of aromatic nitrogens is 4. The average Bonchev–Trinajstić information content (AvgIpc) is 3.26. The molecule has 4 aromatic rings. The van der Waals surface area contributed by atoms with Crippen molar-refractivity contribution in [2.75, 3.05) is 19.8 Å². The Balaban J connectivity index is 1.29. The van der Waals surface area contributed by atoms with Crippen molar-refractivity contribution in [1.29, 1.82) is 0 Å². The van der Waals surface area contributed by atoms with Crippen molar-refractivity contribution in [3.8, 4) is 28.8 Å². The number of hydrogen-bond donors (Lipinski definition) is 1. The summed E-state index contributed by atoms with van der Waals surface area (Å²) in [4.78, 5) is 12.3. The first kappa shape index (κ1) is 23.0. The number of fused-ring (bicyclic) bond motifs is 1. The molecular weight excluding hydrogens is 441 g/mol. The molecule has 0 bridgehead atoms. The molecular formula is C24H24FN5O4. The third-order valence-corrected chi connectivity index (χ3v) is 4.79. The Hall–Kier alpha value is -4.21. The third-order valence-electron chi connectivity index (χ3n) is 4.79. The van der Waals surface area contributed by atoms with Gasteiger partial charge in [-0.2, -0.15) is 4.52 Å². The van der Waals surface area contributed by atoms with Crippen LogP contribution in [0.4, 0.5) is 4.39 Å². The molecule has 1 unspecified atom stereocenters. The van der Waals surface area contributed by atoms with Crippen molar-refractivity contribution in [2.45, 2.75) is 20.0 Å². The Morgan fingerprint density at radius 3 is 2.65 bits per heavy atom. The van der Waals surface area contributed by atoms with E-state index in [0.717, 1.165) is 0 Å². The summed E-state index contributed by atoms with van der Waals surface area (Å²) in [6.45, 7) is 4.58. The second-order valence-electron chi connectivity index (χ2n) is 7.28. The topological polar surface area (TPSA) is 99.9 Å². The summed E-state index contributed by atoms with van der Waals surface area (Å²) in [7, 11) is 0. The highest BCUT2D eigenvalue weighted by molar-refractivity contribution is 5.80. The quantitative estimate of drug-likeness (QED) is 0.359. The predicted molar refractivity (Wildman–Crippen MR) is 122 cm³/mol. The number of carbonyl (C=O) groups is 1. The fraction of sp³-hybridized carbons (Fsp3) is 0.250. The molecule has 0 fully saturated rings. The minimum Gasteiger partial charge on any atom is -0.494 e. The van der Waals surface area contributed by atoms with Gasteiger partial charge in [0.1, 0.15) is 23.9 Å². The van der Waals surface area contributed by atoms with Gasteiger partial charge in [-0.1, -0.05) is 6.07 Å². The number of rotatable bonds is 10. The second kappa shape index (κ2) is 10.6. The zero-order valence-electron chi connectivity index (χ0n) is 18.8. The van der Waals surface area contributed by atoms with Crippen LogP contribution in [-0.2, 0) is 4.79 Å². The van der Waals surface area contributed by atoms with Gasteiger partial charge in [-0.3, -0.25) is 4.79 Å². The molecule has 0 spiro atoms. The molecule has 0 aliphatic carbocycles. The van der Waals surface area contributed by atoms with Crippen molar-refractivity contribution in [1.82, 2.24) is 25.1 Å². The summed E-state index contributed by atoms with van der Waals surface area (Å²) >= 11 is 0. The van der Waals surface area contributed by atoms with E-state index in [-0.39, 0.29) is 24.9 Å². The molecule has 0 aliphatic heterocycles. The molecule has 0 saturated carbocycles. The summed E-state index contributed by atoms with van der Waals surface area (Å²) in [5, 5.41) is 15.4. The van der Waals surface area contributed by atoms with Gasteiger partial charge in [0, 0.05) is 17.7 Å². The number of hydrogen-bond acceptors (Lipinski definition) is 7. The van der Waals surface area contributed by atoms with Crippen LogP contribution in [0.15, 0.2) is 60.7 Å². The van der Waals surface area contributed by atoms with Gasteiger partial charge in [-0.05, 0) is 56.3 Å². The van der Waals surface area contributed by atoms with Crippen molar-refractivity contribution >= 4 is 11.6 Å². The van der Waals surface area contributed by atoms with Crippen LogP contribution in [0.2, 0.25) is 0 Å². The first-order chi connectivity index (χ1) is 16.5. The van der Waals surface area contributed by atoms with Crippen LogP contribution in [0, 0.1) is 5.82 Å². The molecule has 2 aromatic carbocycles. The third kappa shape index (κ3) is 5.58. The lowest BCUT2D eigenvalue weighted by Gasteiger charge is -2.15. The number of nitrogens with zero attached hydrogens (tertiary/aromatic N) is 4. The molecule has 2 heterocycles. The molecule has 0 saturated heterocycles. The summed E-state index contributed by atoms with van der Waals surface area (Å²) < 4.78 is 31.5. The van der Waals surface area contributed by atoms with Gasteiger partial charge in [0.2, 0.25) is 5.88 Å². The van der Waals surface area contributed by atoms with Gasteiger partial charge in [0.15, 0.2) is 17.6 Å². The number of ether oxygens (including phenoxy) is 3. The highest BCUT2D eigenvalue weighted by Gasteiger charge is 2.15. The van der Waals surface area contributed by atoms with Crippen LogP contribution in [0.5, 0.6) is 17.4 Å². The summed E-state index contributed by atoms with van der Waals surface area (Å²) in [6, 6.07) is 16.4. The van der Waals surface area contributed by atoms with E-state index in [1.165, 1.54) is 16.6 Å². The van der Waals surface area contributed by atoms with Crippen molar-refractivity contribution < 1.29 is 23.4 Å². The van der Waals surface area contributed by atoms with Crippen LogP contribution >= 0.6 is 0 Å². The van der Waals surface area contributed by atoms with E-state index >= 15 is 0 Å². The lowest BCUT2D eigenvalue weighted by molar-refractivity contribution is -0.127. The fourth-order valence-corrected chi connectivity index (χ4v) is 3.16. The first-order valence-electron chi connectivity index (χ1n) is 10.8. The molecule has 1 N–H and O–H groups in total. The SMILES string of the molecule is CCOc1cccc(OC(C)C(=O)NCCOc2ccc3nnc(-c4ccc(F)cc4)n3n2)c1. The maximum atomic E-state index is 13.2. The number of halogens is 1. The summed E-state index contributed by atoms with van der Waals surface area (Å²) in [6.07, 6.45) is -0.693. The number of benzene rings is 2. The van der Waals surface area contributed by atoms with Crippen LogP contribution in [0.25, 0.3) is 17.0 Å². The number of amides is 1. The van der Waals surface area contributed by atoms with Gasteiger partial charge in [0.05, 0.1) is 13.2 Å². The highest BCUT2D eigenvalue weighted by atomic mass is 19.1. The molecule has 2 aromatic heterocycles. The van der Waals surface area contributed by atoms with E-state index in [1.54, 1.807) is 49.4 Å². The molecule has 1 atom stereocenters. The van der Waals surface area contributed by atoms with E-state index in [1.807, 2.05) is 13.0 Å². The van der Waals surface area contributed by atoms with E-state index in [0.29, 0.717) is 41.0 Å². The molecule has 9 nitrogen and oxygen atoms in total. The van der Waals surface area contributed by atoms with E-state index in [4.69, 9.17) is 14.2 Å². The summed E-state index contributed by atoms with van der Waals surface area (Å²) in [5.74, 6) is 1.42. The fourth-order valence-electron chi connectivity index (χ4n) is 3.16. The zero-order valence-corrected chi connectivity index (χ0v) is 18.8. The van der Waals surface area contributed by atoms with Gasteiger partial charge in [-0.15, -0.1) is 15.3 Å². The maximum Gasteiger partial charge on any atom is 0.260 e. The molecule has 34 heavy (non-hydrogen) atoms. The van der Waals surface area contributed by atoms with Crippen molar-refractivity contribution in [3.63, 3.8) is 0 Å². The van der Waals surface area contributed by atoms with Gasteiger partial charge in [-0.25, -0.2) is 4.39 Å². The smallest absolute Gasteiger partial charge is 0.260 e. The van der Waals surface area contributed by atoms with Crippen molar-refractivity contribution in [2.24, 2.45) is 0 Å². The molecule has 4 rings (SSSR count). The van der Waals surface area contributed by atoms with Gasteiger partial charge < -0.3 is 19.5 Å². The summed E-state index contributed by atoms with van der Waals surface area (Å²) in [5.41, 5.74) is 1.20. The van der Waals surface area contributed by atoms with Crippen LogP contribution in [-0.4, -0.2) is 51.6 Å². The molecule has 0 radical (unpaired) electrons. The lowest BCUT2D eigenvalue weighted by atomic mass is 10.2. The van der Waals surface area contributed by atoms with Crippen LogP contribution < -0.4 is 19.5 Å². The predicted octanol–water partition coefficient (Wildman–Crippen LogP) is 3.29. The molecule has 1 amide bonds. The van der Waals surface area contributed by atoms with E-state index in [9.17, 15) is 9.18 Å². The minimum atomic E-state index is -0.693. The Morgan fingerprint density at radius 2 is 1.85 bits per heavy atom. The molecule has 176 valence electrons.